The number of anilines is 1. The molecule has 0 aromatic carbocycles. The van der Waals surface area contributed by atoms with Gasteiger partial charge in [-0.25, -0.2) is 9.78 Å². The molecule has 1 aliphatic heterocycles. The first-order valence-corrected chi connectivity index (χ1v) is 10.4. The van der Waals surface area contributed by atoms with Gasteiger partial charge in [-0.05, 0) is 53.5 Å². The van der Waals surface area contributed by atoms with E-state index in [0.29, 0.717) is 11.7 Å². The summed E-state index contributed by atoms with van der Waals surface area (Å²) in [5, 5.41) is 7.90. The van der Waals surface area contributed by atoms with Crippen LogP contribution in [-0.2, 0) is 4.74 Å². The van der Waals surface area contributed by atoms with Crippen molar-refractivity contribution in [2.45, 2.75) is 65.1 Å². The molecule has 2 aromatic rings. The highest BCUT2D eigenvalue weighted by atomic mass is 35.5. The molecular formula is C21H30ClN5O2. The van der Waals surface area contributed by atoms with Gasteiger partial charge in [0.1, 0.15) is 10.8 Å². The largest absolute Gasteiger partial charge is 0.444 e. The summed E-state index contributed by atoms with van der Waals surface area (Å²) in [5.41, 5.74) is 2.48. The van der Waals surface area contributed by atoms with Crippen LogP contribution in [0.1, 0.15) is 53.5 Å². The number of carbonyl (C=O) groups is 1. The van der Waals surface area contributed by atoms with E-state index < -0.39 is 5.60 Å². The van der Waals surface area contributed by atoms with E-state index in [0.717, 1.165) is 36.2 Å². The second-order valence-electron chi connectivity index (χ2n) is 8.76. The van der Waals surface area contributed by atoms with Crippen molar-refractivity contribution in [3.8, 4) is 11.1 Å². The summed E-state index contributed by atoms with van der Waals surface area (Å²) in [7, 11) is 0. The van der Waals surface area contributed by atoms with Crippen molar-refractivity contribution in [3.05, 3.63) is 29.8 Å². The Balaban J connectivity index is 1.80. The Morgan fingerprint density at radius 1 is 1.34 bits per heavy atom. The summed E-state index contributed by atoms with van der Waals surface area (Å²) in [4.78, 5) is 18.7. The van der Waals surface area contributed by atoms with E-state index in [-0.39, 0.29) is 18.2 Å². The highest BCUT2D eigenvalue weighted by Crippen LogP contribution is 2.34. The normalized spacial score (nSPS) is 17.5. The number of alkyl carbamates (subject to hydrolysis) is 1. The predicted octanol–water partition coefficient (Wildman–Crippen LogP) is 4.67. The van der Waals surface area contributed by atoms with E-state index >= 15 is 0 Å². The molecule has 29 heavy (non-hydrogen) atoms. The van der Waals surface area contributed by atoms with Crippen LogP contribution in [0.4, 0.5) is 10.5 Å². The van der Waals surface area contributed by atoms with Gasteiger partial charge in [-0.2, -0.15) is 5.10 Å². The number of piperidine rings is 1. The molecule has 0 aliphatic carbocycles. The van der Waals surface area contributed by atoms with E-state index in [4.69, 9.17) is 16.3 Å². The predicted molar refractivity (Wildman–Crippen MR) is 115 cm³/mol. The summed E-state index contributed by atoms with van der Waals surface area (Å²) in [5.74, 6) is 0. The average Bonchev–Trinajstić information content (AvgIpc) is 3.10. The van der Waals surface area contributed by atoms with Crippen LogP contribution >= 0.6 is 11.6 Å². The summed E-state index contributed by atoms with van der Waals surface area (Å²) in [6.45, 7) is 11.3. The lowest BCUT2D eigenvalue weighted by molar-refractivity contribution is 0.0500. The molecule has 1 fully saturated rings. The van der Waals surface area contributed by atoms with Gasteiger partial charge in [0.25, 0.3) is 0 Å². The van der Waals surface area contributed by atoms with Crippen LogP contribution < -0.4 is 10.2 Å². The van der Waals surface area contributed by atoms with Crippen molar-refractivity contribution in [2.24, 2.45) is 0 Å². The van der Waals surface area contributed by atoms with Gasteiger partial charge in [-0.15, -0.1) is 0 Å². The van der Waals surface area contributed by atoms with Crippen LogP contribution in [-0.4, -0.2) is 45.6 Å². The minimum absolute atomic E-state index is 0.0109. The SMILES string of the molecule is CC(C)n1cc(-c2cnc(Cl)cc2N2CCC[C@H](NC(=O)OC(C)(C)C)C2)cn1. The van der Waals surface area contributed by atoms with Crippen molar-refractivity contribution in [3.63, 3.8) is 0 Å². The van der Waals surface area contributed by atoms with Crippen molar-refractivity contribution in [1.29, 1.82) is 0 Å². The Hall–Kier alpha value is -2.28. The second kappa shape index (κ2) is 8.61. The summed E-state index contributed by atoms with van der Waals surface area (Å²) in [6, 6.07) is 2.18. The number of hydrogen-bond acceptors (Lipinski definition) is 5. The molecule has 1 amide bonds. The standard InChI is InChI=1S/C21H30ClN5O2/c1-14(2)27-12-15(10-24-27)17-11-23-19(22)9-18(17)26-8-6-7-16(13-26)25-20(28)29-21(3,4)5/h9-12,14,16H,6-8,13H2,1-5H3,(H,25,28)/t16-/m0/s1. The molecule has 3 rings (SSSR count). The summed E-state index contributed by atoms with van der Waals surface area (Å²) in [6.07, 6.45) is 7.18. The monoisotopic (exact) mass is 419 g/mol. The van der Waals surface area contributed by atoms with Crippen LogP contribution in [0.5, 0.6) is 0 Å². The lowest BCUT2D eigenvalue weighted by Crippen LogP contribution is -2.49. The zero-order valence-electron chi connectivity index (χ0n) is 17.8. The molecule has 158 valence electrons. The van der Waals surface area contributed by atoms with Gasteiger partial charge in [0.2, 0.25) is 0 Å². The fourth-order valence-electron chi connectivity index (χ4n) is 3.45. The topological polar surface area (TPSA) is 72.3 Å². The fourth-order valence-corrected chi connectivity index (χ4v) is 3.60. The Kier molecular flexibility index (Phi) is 6.36. The van der Waals surface area contributed by atoms with Crippen LogP contribution in [0.15, 0.2) is 24.7 Å². The average molecular weight is 420 g/mol. The molecule has 1 atom stereocenters. The zero-order chi connectivity index (χ0) is 21.2. The van der Waals surface area contributed by atoms with E-state index in [2.05, 4.69) is 34.1 Å². The number of carbonyl (C=O) groups excluding carboxylic acids is 1. The Morgan fingerprint density at radius 2 is 2.10 bits per heavy atom. The van der Waals surface area contributed by atoms with E-state index in [1.807, 2.05) is 43.9 Å². The molecule has 1 aliphatic rings. The molecule has 0 spiro atoms. The third-order valence-corrected chi connectivity index (χ3v) is 4.98. The van der Waals surface area contributed by atoms with Gasteiger partial charge in [-0.3, -0.25) is 4.68 Å². The van der Waals surface area contributed by atoms with Crippen molar-refractivity contribution in [2.75, 3.05) is 18.0 Å². The lowest BCUT2D eigenvalue weighted by atomic mass is 10.0. The Labute approximate surface area is 177 Å². The van der Waals surface area contributed by atoms with Gasteiger partial charge in [0, 0.05) is 54.4 Å². The molecule has 1 N–H and O–H groups in total. The molecule has 1 saturated heterocycles. The van der Waals surface area contributed by atoms with Crippen molar-refractivity contribution in [1.82, 2.24) is 20.1 Å². The van der Waals surface area contributed by atoms with E-state index in [1.54, 1.807) is 6.20 Å². The quantitative estimate of drug-likeness (QED) is 0.729. The number of pyridine rings is 1. The molecule has 0 unspecified atom stereocenters. The van der Waals surface area contributed by atoms with Gasteiger partial charge in [0.05, 0.1) is 6.20 Å². The highest BCUT2D eigenvalue weighted by Gasteiger charge is 2.26. The lowest BCUT2D eigenvalue weighted by Gasteiger charge is -2.36. The first-order chi connectivity index (χ1) is 13.6. The minimum Gasteiger partial charge on any atom is -0.444 e. The first-order valence-electron chi connectivity index (χ1n) is 10.1. The third-order valence-electron chi connectivity index (χ3n) is 4.77. The van der Waals surface area contributed by atoms with Gasteiger partial charge in [0.15, 0.2) is 0 Å². The number of hydrogen-bond donors (Lipinski definition) is 1. The number of rotatable bonds is 4. The number of aromatic nitrogens is 3. The maximum absolute atomic E-state index is 12.2. The molecular weight excluding hydrogens is 390 g/mol. The number of nitrogens with one attached hydrogen (secondary N) is 1. The number of halogens is 1. The Bertz CT molecular complexity index is 859. The van der Waals surface area contributed by atoms with E-state index in [1.165, 1.54) is 0 Å². The van der Waals surface area contributed by atoms with Crippen molar-refractivity contribution < 1.29 is 9.53 Å². The fraction of sp³-hybridized carbons (Fsp3) is 0.571. The maximum Gasteiger partial charge on any atom is 0.407 e. The van der Waals surface area contributed by atoms with Crippen LogP contribution in [0.2, 0.25) is 5.15 Å². The number of amides is 1. The zero-order valence-corrected chi connectivity index (χ0v) is 18.5. The highest BCUT2D eigenvalue weighted by molar-refractivity contribution is 6.29. The molecule has 3 heterocycles. The van der Waals surface area contributed by atoms with E-state index in [9.17, 15) is 4.79 Å². The second-order valence-corrected chi connectivity index (χ2v) is 9.15. The summed E-state index contributed by atoms with van der Waals surface area (Å²) < 4.78 is 7.34. The molecule has 2 aromatic heterocycles. The smallest absolute Gasteiger partial charge is 0.407 e. The molecule has 7 nitrogen and oxygen atoms in total. The molecule has 0 radical (unpaired) electrons. The Morgan fingerprint density at radius 3 is 2.76 bits per heavy atom. The number of nitrogens with zero attached hydrogens (tertiary/aromatic N) is 4. The maximum atomic E-state index is 12.2. The molecule has 8 heteroatoms. The van der Waals surface area contributed by atoms with Crippen LogP contribution in [0.3, 0.4) is 0 Å². The summed E-state index contributed by atoms with van der Waals surface area (Å²) >= 11 is 6.22. The number of ether oxygens (including phenoxy) is 1. The van der Waals surface area contributed by atoms with Gasteiger partial charge < -0.3 is 15.0 Å². The van der Waals surface area contributed by atoms with Gasteiger partial charge in [-0.1, -0.05) is 11.6 Å². The molecule has 0 bridgehead atoms. The minimum atomic E-state index is -0.513. The van der Waals surface area contributed by atoms with Crippen LogP contribution in [0, 0.1) is 0 Å². The van der Waals surface area contributed by atoms with Crippen LogP contribution in [0.25, 0.3) is 11.1 Å². The first kappa shape index (κ1) is 21.4. The third kappa shape index (κ3) is 5.63. The van der Waals surface area contributed by atoms with Gasteiger partial charge >= 0.3 is 6.09 Å². The molecule has 0 saturated carbocycles. The van der Waals surface area contributed by atoms with Crippen molar-refractivity contribution >= 4 is 23.4 Å².